The third-order valence-corrected chi connectivity index (χ3v) is 3.59. The minimum atomic E-state index is 0.0179. The number of hydrogen-bond donors (Lipinski definition) is 0. The van der Waals surface area contributed by atoms with Crippen LogP contribution < -0.4 is 5.56 Å². The topological polar surface area (TPSA) is 22.0 Å². The summed E-state index contributed by atoms with van der Waals surface area (Å²) in [5.74, 6) is 0. The van der Waals surface area contributed by atoms with Gasteiger partial charge in [0, 0.05) is 27.7 Å². The summed E-state index contributed by atoms with van der Waals surface area (Å²) >= 11 is 9.36. The number of rotatable bonds is 1. The smallest absolute Gasteiger partial charge is 0.253 e. The van der Waals surface area contributed by atoms with Crippen molar-refractivity contribution in [3.05, 3.63) is 55.7 Å². The van der Waals surface area contributed by atoms with Crippen molar-refractivity contribution in [2.45, 2.75) is 6.92 Å². The number of hydrogen-bond acceptors (Lipinski definition) is 1. The van der Waals surface area contributed by atoms with Crippen LogP contribution in [-0.4, -0.2) is 4.57 Å². The Balaban J connectivity index is 2.69. The molecule has 0 amide bonds. The van der Waals surface area contributed by atoms with E-state index in [1.165, 1.54) is 0 Å². The predicted octanol–water partition coefficient (Wildman–Crippen LogP) is 3.78. The van der Waals surface area contributed by atoms with Crippen LogP contribution in [-0.2, 0) is 7.05 Å². The van der Waals surface area contributed by atoms with Crippen LogP contribution >= 0.6 is 27.5 Å². The van der Waals surface area contributed by atoms with E-state index in [9.17, 15) is 4.79 Å². The molecule has 0 unspecified atom stereocenters. The van der Waals surface area contributed by atoms with Gasteiger partial charge in [0.15, 0.2) is 0 Å². The van der Waals surface area contributed by atoms with Gasteiger partial charge < -0.3 is 4.57 Å². The summed E-state index contributed by atoms with van der Waals surface area (Å²) in [7, 11) is 1.77. The second-order valence-corrected chi connectivity index (χ2v) is 5.18. The molecule has 0 aliphatic heterocycles. The first-order chi connectivity index (χ1) is 8.00. The van der Waals surface area contributed by atoms with Gasteiger partial charge in [-0.25, -0.2) is 0 Å². The van der Waals surface area contributed by atoms with Crippen molar-refractivity contribution in [3.8, 4) is 11.3 Å². The van der Waals surface area contributed by atoms with Crippen molar-refractivity contribution < 1.29 is 0 Å². The van der Waals surface area contributed by atoms with E-state index < -0.39 is 0 Å². The fraction of sp³-hybridized carbons (Fsp3) is 0.154. The Hall–Kier alpha value is -1.06. The van der Waals surface area contributed by atoms with Gasteiger partial charge in [-0.1, -0.05) is 39.7 Å². The predicted molar refractivity (Wildman–Crippen MR) is 74.6 cm³/mol. The van der Waals surface area contributed by atoms with Crippen LogP contribution in [0.3, 0.4) is 0 Å². The Morgan fingerprint density at radius 3 is 2.59 bits per heavy atom. The standard InChI is InChI=1S/C13H11BrClNO/c1-8-3-6-12(16(2)13(8)17)10-5-4-9(15)7-11(10)14/h3-7H,1-2H3. The number of aryl methyl sites for hydroxylation is 1. The maximum Gasteiger partial charge on any atom is 0.253 e. The first-order valence-corrected chi connectivity index (χ1v) is 6.30. The van der Waals surface area contributed by atoms with Crippen LogP contribution in [0.25, 0.3) is 11.3 Å². The van der Waals surface area contributed by atoms with E-state index in [4.69, 9.17) is 11.6 Å². The fourth-order valence-corrected chi connectivity index (χ4v) is 2.61. The van der Waals surface area contributed by atoms with Crippen LogP contribution in [0.4, 0.5) is 0 Å². The van der Waals surface area contributed by atoms with Crippen molar-refractivity contribution in [3.63, 3.8) is 0 Å². The van der Waals surface area contributed by atoms with Crippen LogP contribution in [0.15, 0.2) is 39.6 Å². The van der Waals surface area contributed by atoms with E-state index in [0.29, 0.717) is 5.02 Å². The molecule has 2 nitrogen and oxygen atoms in total. The zero-order chi connectivity index (χ0) is 12.6. The third-order valence-electron chi connectivity index (χ3n) is 2.70. The van der Waals surface area contributed by atoms with Gasteiger partial charge in [-0.05, 0) is 25.1 Å². The first-order valence-electron chi connectivity index (χ1n) is 5.13. The SMILES string of the molecule is Cc1ccc(-c2ccc(Cl)cc2Br)n(C)c1=O. The van der Waals surface area contributed by atoms with Crippen molar-refractivity contribution >= 4 is 27.5 Å². The highest BCUT2D eigenvalue weighted by Crippen LogP contribution is 2.29. The zero-order valence-electron chi connectivity index (χ0n) is 9.50. The highest BCUT2D eigenvalue weighted by Gasteiger charge is 2.08. The largest absolute Gasteiger partial charge is 0.311 e. The lowest BCUT2D eigenvalue weighted by atomic mass is 10.1. The monoisotopic (exact) mass is 311 g/mol. The lowest BCUT2D eigenvalue weighted by Gasteiger charge is -2.11. The molecule has 2 aromatic rings. The molecule has 0 atom stereocenters. The van der Waals surface area contributed by atoms with E-state index in [1.54, 1.807) is 11.6 Å². The van der Waals surface area contributed by atoms with E-state index in [1.807, 2.05) is 37.3 Å². The quantitative estimate of drug-likeness (QED) is 0.785. The summed E-state index contributed by atoms with van der Waals surface area (Å²) in [6, 6.07) is 9.30. The van der Waals surface area contributed by atoms with Crippen molar-refractivity contribution in [2.24, 2.45) is 7.05 Å². The molecule has 1 aromatic heterocycles. The lowest BCUT2D eigenvalue weighted by molar-refractivity contribution is 0.858. The molecular weight excluding hydrogens is 302 g/mol. The maximum absolute atomic E-state index is 11.9. The van der Waals surface area contributed by atoms with Gasteiger partial charge in [0.2, 0.25) is 0 Å². The minimum Gasteiger partial charge on any atom is -0.311 e. The molecule has 88 valence electrons. The summed E-state index contributed by atoms with van der Waals surface area (Å²) < 4.78 is 2.52. The van der Waals surface area contributed by atoms with Crippen LogP contribution in [0.2, 0.25) is 5.02 Å². The Kier molecular flexibility index (Phi) is 3.40. The first kappa shape index (κ1) is 12.4. The summed E-state index contributed by atoms with van der Waals surface area (Å²) in [6.45, 7) is 1.81. The molecule has 1 heterocycles. The lowest BCUT2D eigenvalue weighted by Crippen LogP contribution is -2.20. The number of aromatic nitrogens is 1. The number of halogens is 2. The Bertz CT molecular complexity index is 634. The van der Waals surface area contributed by atoms with Crippen LogP contribution in [0.1, 0.15) is 5.56 Å². The molecule has 4 heteroatoms. The number of pyridine rings is 1. The normalized spacial score (nSPS) is 10.6. The molecule has 17 heavy (non-hydrogen) atoms. The Labute approximate surface area is 113 Å². The molecule has 1 aromatic carbocycles. The van der Waals surface area contributed by atoms with Gasteiger partial charge in [0.05, 0.1) is 5.69 Å². The van der Waals surface area contributed by atoms with Gasteiger partial charge in [0.1, 0.15) is 0 Å². The van der Waals surface area contributed by atoms with E-state index in [2.05, 4.69) is 15.9 Å². The fourth-order valence-electron chi connectivity index (χ4n) is 1.73. The van der Waals surface area contributed by atoms with E-state index >= 15 is 0 Å². The summed E-state index contributed by atoms with van der Waals surface area (Å²) in [4.78, 5) is 11.9. The summed E-state index contributed by atoms with van der Waals surface area (Å²) in [6.07, 6.45) is 0. The molecule has 0 aliphatic rings. The minimum absolute atomic E-state index is 0.0179. The second kappa shape index (κ2) is 4.67. The van der Waals surface area contributed by atoms with Crippen LogP contribution in [0.5, 0.6) is 0 Å². The van der Waals surface area contributed by atoms with Gasteiger partial charge in [0.25, 0.3) is 5.56 Å². The second-order valence-electron chi connectivity index (χ2n) is 3.89. The summed E-state index contributed by atoms with van der Waals surface area (Å²) in [5.41, 5.74) is 2.57. The van der Waals surface area contributed by atoms with Gasteiger partial charge >= 0.3 is 0 Å². The van der Waals surface area contributed by atoms with Gasteiger partial charge in [-0.3, -0.25) is 4.79 Å². The molecule has 0 aliphatic carbocycles. The van der Waals surface area contributed by atoms with Gasteiger partial charge in [-0.2, -0.15) is 0 Å². The summed E-state index contributed by atoms with van der Waals surface area (Å²) in [5, 5.41) is 0.665. The van der Waals surface area contributed by atoms with Gasteiger partial charge in [-0.15, -0.1) is 0 Å². The highest BCUT2D eigenvalue weighted by atomic mass is 79.9. The molecule has 2 rings (SSSR count). The maximum atomic E-state index is 11.9. The molecule has 0 bridgehead atoms. The average molecular weight is 313 g/mol. The number of benzene rings is 1. The molecule has 0 spiro atoms. The van der Waals surface area contributed by atoms with Crippen molar-refractivity contribution in [1.82, 2.24) is 4.57 Å². The number of nitrogens with zero attached hydrogens (tertiary/aromatic N) is 1. The van der Waals surface area contributed by atoms with E-state index in [0.717, 1.165) is 21.3 Å². The Morgan fingerprint density at radius 1 is 1.24 bits per heavy atom. The zero-order valence-corrected chi connectivity index (χ0v) is 11.8. The van der Waals surface area contributed by atoms with Crippen LogP contribution in [0, 0.1) is 6.92 Å². The molecule has 0 radical (unpaired) electrons. The molecule has 0 N–H and O–H groups in total. The molecule has 0 saturated heterocycles. The van der Waals surface area contributed by atoms with E-state index in [-0.39, 0.29) is 5.56 Å². The molecule has 0 fully saturated rings. The van der Waals surface area contributed by atoms with Crippen molar-refractivity contribution in [1.29, 1.82) is 0 Å². The Morgan fingerprint density at radius 2 is 1.94 bits per heavy atom. The third kappa shape index (κ3) is 2.31. The molecular formula is C13H11BrClNO. The average Bonchev–Trinajstić information content (AvgIpc) is 2.28. The van der Waals surface area contributed by atoms with Crippen molar-refractivity contribution in [2.75, 3.05) is 0 Å². The highest BCUT2D eigenvalue weighted by molar-refractivity contribution is 9.10. The molecule has 0 saturated carbocycles.